The van der Waals surface area contributed by atoms with Crippen LogP contribution >= 0.6 is 12.4 Å². The van der Waals surface area contributed by atoms with Crippen molar-refractivity contribution in [3.8, 4) is 11.8 Å². The van der Waals surface area contributed by atoms with Crippen LogP contribution in [0.4, 0.5) is 0 Å². The van der Waals surface area contributed by atoms with E-state index in [2.05, 4.69) is 4.72 Å². The van der Waals surface area contributed by atoms with Gasteiger partial charge in [-0.05, 0) is 37.5 Å². The van der Waals surface area contributed by atoms with Gasteiger partial charge in [-0.25, -0.2) is 13.1 Å². The highest BCUT2D eigenvalue weighted by Gasteiger charge is 2.31. The fraction of sp³-hybridized carbons (Fsp3) is 0.533. The Labute approximate surface area is 144 Å². The predicted octanol–water partition coefficient (Wildman–Crippen LogP) is 2.03. The van der Waals surface area contributed by atoms with Crippen LogP contribution < -0.4 is 15.2 Å². The molecule has 1 atom stereocenters. The van der Waals surface area contributed by atoms with Gasteiger partial charge in [0.15, 0.2) is 0 Å². The molecule has 0 aliphatic carbocycles. The quantitative estimate of drug-likeness (QED) is 0.773. The minimum Gasteiger partial charge on any atom is -0.495 e. The second-order valence-electron chi connectivity index (χ2n) is 5.95. The summed E-state index contributed by atoms with van der Waals surface area (Å²) in [5.74, 6) is 0.426. The van der Waals surface area contributed by atoms with E-state index in [1.165, 1.54) is 25.3 Å². The summed E-state index contributed by atoms with van der Waals surface area (Å²) in [6.45, 7) is 5.97. The summed E-state index contributed by atoms with van der Waals surface area (Å²) in [5, 5.41) is 8.89. The lowest BCUT2D eigenvalue weighted by atomic mass is 9.92. The largest absolute Gasteiger partial charge is 0.495 e. The molecule has 3 N–H and O–H groups in total. The highest BCUT2D eigenvalue weighted by atomic mass is 35.5. The Balaban J connectivity index is 0.00000484. The molecule has 0 amide bonds. The lowest BCUT2D eigenvalue weighted by molar-refractivity contribution is 0.343. The molecule has 130 valence electrons. The Morgan fingerprint density at radius 3 is 2.48 bits per heavy atom. The summed E-state index contributed by atoms with van der Waals surface area (Å²) in [4.78, 5) is -0.00238. The van der Waals surface area contributed by atoms with Crippen LogP contribution in [0.5, 0.6) is 5.75 Å². The molecule has 0 saturated carbocycles. The third-order valence-corrected chi connectivity index (χ3v) is 4.95. The van der Waals surface area contributed by atoms with Gasteiger partial charge in [-0.3, -0.25) is 0 Å². The molecule has 1 aromatic carbocycles. The average Bonchev–Trinajstić information content (AvgIpc) is 2.44. The van der Waals surface area contributed by atoms with Crippen LogP contribution in [0.15, 0.2) is 23.1 Å². The summed E-state index contributed by atoms with van der Waals surface area (Å²) >= 11 is 0. The van der Waals surface area contributed by atoms with Crippen LogP contribution in [-0.4, -0.2) is 27.6 Å². The van der Waals surface area contributed by atoms with Gasteiger partial charge < -0.3 is 10.5 Å². The molecule has 23 heavy (non-hydrogen) atoms. The van der Waals surface area contributed by atoms with Crippen LogP contribution in [0, 0.1) is 17.2 Å². The molecule has 6 nitrogen and oxygen atoms in total. The molecule has 0 spiro atoms. The highest BCUT2D eigenvalue weighted by Crippen LogP contribution is 2.27. The molecule has 1 rings (SSSR count). The van der Waals surface area contributed by atoms with Crippen LogP contribution in [0.1, 0.15) is 32.8 Å². The first-order chi connectivity index (χ1) is 10.2. The number of rotatable bonds is 7. The van der Waals surface area contributed by atoms with Crippen molar-refractivity contribution in [3.63, 3.8) is 0 Å². The Morgan fingerprint density at radius 2 is 2.04 bits per heavy atom. The van der Waals surface area contributed by atoms with Crippen molar-refractivity contribution < 1.29 is 13.2 Å². The van der Waals surface area contributed by atoms with Gasteiger partial charge in [0.05, 0.1) is 18.7 Å². The molecule has 0 aliphatic rings. The number of nitrogens with two attached hydrogens (primary N) is 1. The summed E-state index contributed by atoms with van der Waals surface area (Å²) < 4.78 is 33.0. The van der Waals surface area contributed by atoms with Gasteiger partial charge in [0, 0.05) is 12.1 Å². The zero-order valence-electron chi connectivity index (χ0n) is 13.8. The number of sulfonamides is 1. The van der Waals surface area contributed by atoms with Gasteiger partial charge in [0.25, 0.3) is 0 Å². The van der Waals surface area contributed by atoms with E-state index in [0.29, 0.717) is 17.9 Å². The molecule has 1 aromatic rings. The zero-order valence-corrected chi connectivity index (χ0v) is 15.4. The molecular formula is C15H24ClN3O3S. The number of nitrogens with one attached hydrogen (secondary N) is 1. The number of benzene rings is 1. The van der Waals surface area contributed by atoms with E-state index in [0.717, 1.165) is 0 Å². The maximum Gasteiger partial charge on any atom is 0.244 e. The maximum absolute atomic E-state index is 12.6. The summed E-state index contributed by atoms with van der Waals surface area (Å²) in [6, 6.07) is 6.16. The SMILES string of the molecule is COc1cc(C#N)ccc1S(=O)(=O)NC(C)(CN)CC(C)C.Cl. The van der Waals surface area contributed by atoms with Crippen LogP contribution in [0.3, 0.4) is 0 Å². The second kappa shape index (κ2) is 8.50. The van der Waals surface area contributed by atoms with E-state index < -0.39 is 15.6 Å². The fourth-order valence-corrected chi connectivity index (χ4v) is 3.99. The number of ether oxygens (including phenoxy) is 1. The van der Waals surface area contributed by atoms with Gasteiger partial charge in [-0.1, -0.05) is 13.8 Å². The van der Waals surface area contributed by atoms with Crippen molar-refractivity contribution in [2.75, 3.05) is 13.7 Å². The van der Waals surface area contributed by atoms with Gasteiger partial charge in [-0.2, -0.15) is 5.26 Å². The molecule has 1 unspecified atom stereocenters. The Morgan fingerprint density at radius 1 is 1.43 bits per heavy atom. The highest BCUT2D eigenvalue weighted by molar-refractivity contribution is 7.89. The van der Waals surface area contributed by atoms with Crippen molar-refractivity contribution in [1.29, 1.82) is 5.26 Å². The van der Waals surface area contributed by atoms with Crippen molar-refractivity contribution in [1.82, 2.24) is 4.72 Å². The van der Waals surface area contributed by atoms with Gasteiger partial charge in [-0.15, -0.1) is 12.4 Å². The number of halogens is 1. The van der Waals surface area contributed by atoms with Crippen LogP contribution in [0.2, 0.25) is 0 Å². The molecule has 0 radical (unpaired) electrons. The normalized spacial score (nSPS) is 13.8. The second-order valence-corrected chi connectivity index (χ2v) is 7.60. The predicted molar refractivity (Wildman–Crippen MR) is 92.2 cm³/mol. The molecule has 0 heterocycles. The number of hydrogen-bond acceptors (Lipinski definition) is 5. The lowest BCUT2D eigenvalue weighted by Gasteiger charge is -2.31. The van der Waals surface area contributed by atoms with Crippen molar-refractivity contribution in [3.05, 3.63) is 23.8 Å². The van der Waals surface area contributed by atoms with Crippen molar-refractivity contribution in [2.24, 2.45) is 11.7 Å². The van der Waals surface area contributed by atoms with Gasteiger partial charge >= 0.3 is 0 Å². The molecule has 0 aromatic heterocycles. The zero-order chi connectivity index (χ0) is 17.0. The average molecular weight is 362 g/mol. The van der Waals surface area contributed by atoms with E-state index in [1.54, 1.807) is 6.92 Å². The fourth-order valence-electron chi connectivity index (χ4n) is 2.41. The van der Waals surface area contributed by atoms with Crippen molar-refractivity contribution >= 4 is 22.4 Å². The molecular weight excluding hydrogens is 338 g/mol. The number of nitriles is 1. The number of hydrogen-bond donors (Lipinski definition) is 2. The van der Waals surface area contributed by atoms with Crippen molar-refractivity contribution in [2.45, 2.75) is 37.6 Å². The summed E-state index contributed by atoms with van der Waals surface area (Å²) in [5.41, 5.74) is 5.34. The van der Waals surface area contributed by atoms with E-state index in [-0.39, 0.29) is 29.6 Å². The molecule has 0 fully saturated rings. The van der Waals surface area contributed by atoms with Gasteiger partial charge in [0.2, 0.25) is 10.0 Å². The number of nitrogens with zero attached hydrogens (tertiary/aromatic N) is 1. The van der Waals surface area contributed by atoms with E-state index in [4.69, 9.17) is 15.7 Å². The van der Waals surface area contributed by atoms with Crippen LogP contribution in [-0.2, 0) is 10.0 Å². The minimum absolute atomic E-state index is 0. The molecule has 0 aliphatic heterocycles. The Hall–Kier alpha value is -1.33. The van der Waals surface area contributed by atoms with Crippen LogP contribution in [0.25, 0.3) is 0 Å². The van der Waals surface area contributed by atoms with E-state index in [9.17, 15) is 8.42 Å². The topological polar surface area (TPSA) is 105 Å². The maximum atomic E-state index is 12.6. The third kappa shape index (κ3) is 5.66. The lowest BCUT2D eigenvalue weighted by Crippen LogP contribution is -2.52. The van der Waals surface area contributed by atoms with Gasteiger partial charge in [0.1, 0.15) is 10.6 Å². The Bertz CT molecular complexity index is 671. The first kappa shape index (κ1) is 21.7. The standard InChI is InChI=1S/C15H23N3O3S.ClH/c1-11(2)8-15(3,10-17)18-22(19,20)14-6-5-12(9-16)7-13(14)21-4;/h5-7,11,18H,8,10,17H2,1-4H3;1H. The first-order valence-electron chi connectivity index (χ1n) is 6.99. The summed E-state index contributed by atoms with van der Waals surface area (Å²) in [6.07, 6.45) is 0.612. The third-order valence-electron chi connectivity index (χ3n) is 3.27. The van der Waals surface area contributed by atoms with E-state index in [1.807, 2.05) is 19.9 Å². The number of methoxy groups -OCH3 is 1. The Kier molecular flexibility index (Phi) is 8.01. The monoisotopic (exact) mass is 361 g/mol. The molecule has 0 bridgehead atoms. The molecule has 8 heteroatoms. The smallest absolute Gasteiger partial charge is 0.244 e. The first-order valence-corrected chi connectivity index (χ1v) is 8.48. The summed E-state index contributed by atoms with van der Waals surface area (Å²) in [7, 11) is -2.44. The van der Waals surface area contributed by atoms with E-state index >= 15 is 0 Å². The minimum atomic E-state index is -3.81. The molecule has 0 saturated heterocycles.